The van der Waals surface area contributed by atoms with E-state index < -0.39 is 0 Å². The summed E-state index contributed by atoms with van der Waals surface area (Å²) in [5.41, 5.74) is 3.40. The Hall–Kier alpha value is -2.34. The lowest BCUT2D eigenvalue weighted by Gasteiger charge is -2.26. The number of aryl methyl sites for hydroxylation is 1. The van der Waals surface area contributed by atoms with Crippen molar-refractivity contribution >= 4 is 23.3 Å². The van der Waals surface area contributed by atoms with Gasteiger partial charge in [0.25, 0.3) is 0 Å². The maximum absolute atomic E-state index is 12.4. The van der Waals surface area contributed by atoms with Crippen LogP contribution < -0.4 is 5.32 Å². The van der Waals surface area contributed by atoms with Gasteiger partial charge in [0.15, 0.2) is 10.8 Å². The Morgan fingerprint density at radius 2 is 2.08 bits per heavy atom. The van der Waals surface area contributed by atoms with Gasteiger partial charge in [0, 0.05) is 6.20 Å². The maximum Gasteiger partial charge on any atom is 0.230 e. The van der Waals surface area contributed by atoms with E-state index in [2.05, 4.69) is 33.7 Å². The quantitative estimate of drug-likeness (QED) is 0.743. The molecule has 5 nitrogen and oxygen atoms in total. The van der Waals surface area contributed by atoms with Gasteiger partial charge in [0.2, 0.25) is 5.91 Å². The van der Waals surface area contributed by atoms with Gasteiger partial charge in [0.1, 0.15) is 0 Å². The van der Waals surface area contributed by atoms with Crippen molar-refractivity contribution < 1.29 is 4.79 Å². The van der Waals surface area contributed by atoms with Gasteiger partial charge in [-0.2, -0.15) is 0 Å². The molecule has 24 heavy (non-hydrogen) atoms. The fraction of sp³-hybridized carbons (Fsp3) is 0.278. The summed E-state index contributed by atoms with van der Waals surface area (Å²) in [4.78, 5) is 12.4. The third kappa shape index (κ3) is 3.01. The predicted molar refractivity (Wildman–Crippen MR) is 94.0 cm³/mol. The van der Waals surface area contributed by atoms with Gasteiger partial charge < -0.3 is 5.32 Å². The van der Waals surface area contributed by atoms with Crippen LogP contribution in [-0.2, 0) is 11.2 Å². The van der Waals surface area contributed by atoms with Crippen LogP contribution in [0.1, 0.15) is 30.0 Å². The van der Waals surface area contributed by atoms with Crippen molar-refractivity contribution in [3.05, 3.63) is 59.8 Å². The summed E-state index contributed by atoms with van der Waals surface area (Å²) in [5, 5.41) is 12.2. The predicted octanol–water partition coefficient (Wildman–Crippen LogP) is 3.02. The summed E-state index contributed by atoms with van der Waals surface area (Å²) in [6.45, 7) is 0. The molecule has 1 amide bonds. The number of benzene rings is 1. The molecule has 6 heteroatoms. The average molecular weight is 338 g/mol. The van der Waals surface area contributed by atoms with E-state index in [0.29, 0.717) is 5.75 Å². The van der Waals surface area contributed by atoms with Gasteiger partial charge >= 0.3 is 0 Å². The SMILES string of the molecule is O=C(CSc1nnc2ccccn12)N[C@H]1CCCc2ccccc21. The number of carbonyl (C=O) groups is 1. The molecule has 4 rings (SSSR count). The van der Waals surface area contributed by atoms with Crippen molar-refractivity contribution in [3.8, 4) is 0 Å². The number of amides is 1. The molecule has 1 aliphatic rings. The zero-order valence-electron chi connectivity index (χ0n) is 13.2. The number of pyridine rings is 1. The molecule has 3 aromatic rings. The first-order valence-electron chi connectivity index (χ1n) is 8.11. The van der Waals surface area contributed by atoms with Crippen molar-refractivity contribution in [1.29, 1.82) is 0 Å². The lowest BCUT2D eigenvalue weighted by Crippen LogP contribution is -2.32. The topological polar surface area (TPSA) is 59.3 Å². The van der Waals surface area contributed by atoms with Crippen molar-refractivity contribution in [2.45, 2.75) is 30.5 Å². The molecule has 122 valence electrons. The number of hydrogen-bond acceptors (Lipinski definition) is 4. The molecule has 0 fully saturated rings. The van der Waals surface area contributed by atoms with Crippen LogP contribution in [0.15, 0.2) is 53.8 Å². The van der Waals surface area contributed by atoms with Crippen molar-refractivity contribution in [3.63, 3.8) is 0 Å². The highest BCUT2D eigenvalue weighted by Gasteiger charge is 2.21. The molecule has 1 atom stereocenters. The zero-order chi connectivity index (χ0) is 16.4. The lowest BCUT2D eigenvalue weighted by molar-refractivity contribution is -0.119. The van der Waals surface area contributed by atoms with E-state index in [0.717, 1.165) is 30.1 Å². The van der Waals surface area contributed by atoms with Crippen LogP contribution in [0.3, 0.4) is 0 Å². The molecule has 2 aromatic heterocycles. The molecule has 1 aliphatic carbocycles. The number of nitrogens with one attached hydrogen (secondary N) is 1. The number of aromatic nitrogens is 3. The summed E-state index contributed by atoms with van der Waals surface area (Å²) in [6, 6.07) is 14.3. The molecule has 0 saturated heterocycles. The van der Waals surface area contributed by atoms with Gasteiger partial charge in [-0.3, -0.25) is 9.20 Å². The first-order valence-corrected chi connectivity index (χ1v) is 9.09. The normalized spacial score (nSPS) is 16.8. The first kappa shape index (κ1) is 15.2. The molecular formula is C18H18N4OS. The molecule has 0 bridgehead atoms. The molecule has 0 spiro atoms. The summed E-state index contributed by atoms with van der Waals surface area (Å²) < 4.78 is 1.90. The number of thioether (sulfide) groups is 1. The number of hydrogen-bond donors (Lipinski definition) is 1. The summed E-state index contributed by atoms with van der Waals surface area (Å²) in [5.74, 6) is 0.378. The summed E-state index contributed by atoms with van der Waals surface area (Å²) in [6.07, 6.45) is 5.13. The molecule has 0 saturated carbocycles. The second-order valence-corrected chi connectivity index (χ2v) is 6.85. The van der Waals surface area contributed by atoms with E-state index in [4.69, 9.17) is 0 Å². The Balaban J connectivity index is 1.41. The molecule has 0 aliphatic heterocycles. The average Bonchev–Trinajstić information content (AvgIpc) is 3.04. The van der Waals surface area contributed by atoms with E-state index in [1.165, 1.54) is 22.9 Å². The van der Waals surface area contributed by atoms with Gasteiger partial charge in [-0.1, -0.05) is 42.1 Å². The number of nitrogens with zero attached hydrogens (tertiary/aromatic N) is 3. The minimum absolute atomic E-state index is 0.0365. The van der Waals surface area contributed by atoms with Crippen LogP contribution in [0.2, 0.25) is 0 Å². The highest BCUT2D eigenvalue weighted by Crippen LogP contribution is 2.29. The highest BCUT2D eigenvalue weighted by molar-refractivity contribution is 7.99. The lowest BCUT2D eigenvalue weighted by atomic mass is 9.88. The van der Waals surface area contributed by atoms with Crippen LogP contribution in [-0.4, -0.2) is 26.3 Å². The van der Waals surface area contributed by atoms with E-state index in [-0.39, 0.29) is 11.9 Å². The van der Waals surface area contributed by atoms with Crippen molar-refractivity contribution in [2.75, 3.05) is 5.75 Å². The number of rotatable bonds is 4. The Morgan fingerprint density at radius 3 is 3.04 bits per heavy atom. The Kier molecular flexibility index (Phi) is 4.21. The molecular weight excluding hydrogens is 320 g/mol. The van der Waals surface area contributed by atoms with Gasteiger partial charge in [-0.15, -0.1) is 10.2 Å². The van der Waals surface area contributed by atoms with Crippen molar-refractivity contribution in [2.24, 2.45) is 0 Å². The van der Waals surface area contributed by atoms with Crippen LogP contribution in [0, 0.1) is 0 Å². The number of fused-ring (bicyclic) bond motifs is 2. The van der Waals surface area contributed by atoms with E-state index in [1.807, 2.05) is 34.9 Å². The second-order valence-electron chi connectivity index (χ2n) is 5.91. The van der Waals surface area contributed by atoms with Crippen LogP contribution in [0.4, 0.5) is 0 Å². The molecule has 1 aromatic carbocycles. The molecule has 2 heterocycles. The van der Waals surface area contributed by atoms with Crippen LogP contribution in [0.25, 0.3) is 5.65 Å². The fourth-order valence-electron chi connectivity index (χ4n) is 3.19. The summed E-state index contributed by atoms with van der Waals surface area (Å²) in [7, 11) is 0. The third-order valence-corrected chi connectivity index (χ3v) is 5.26. The standard InChI is InChI=1S/C18H18N4OS/c23-17(12-24-18-21-20-16-10-3-4-11-22(16)18)19-15-9-5-7-13-6-1-2-8-14(13)15/h1-4,6,8,10-11,15H,5,7,9,12H2,(H,19,23)/t15-/m0/s1. The first-order chi connectivity index (χ1) is 11.8. The Labute approximate surface area is 144 Å². The monoisotopic (exact) mass is 338 g/mol. The Bertz CT molecular complexity index is 876. The van der Waals surface area contributed by atoms with Gasteiger partial charge in [-0.05, 0) is 42.5 Å². The maximum atomic E-state index is 12.4. The number of carbonyl (C=O) groups excluding carboxylic acids is 1. The molecule has 0 unspecified atom stereocenters. The largest absolute Gasteiger partial charge is 0.349 e. The molecule has 0 radical (unpaired) electrons. The van der Waals surface area contributed by atoms with E-state index in [9.17, 15) is 4.79 Å². The zero-order valence-corrected chi connectivity index (χ0v) is 14.0. The van der Waals surface area contributed by atoms with Crippen LogP contribution >= 0.6 is 11.8 Å². The minimum Gasteiger partial charge on any atom is -0.349 e. The van der Waals surface area contributed by atoms with E-state index in [1.54, 1.807) is 0 Å². The molecule has 1 N–H and O–H groups in total. The highest BCUT2D eigenvalue weighted by atomic mass is 32.2. The van der Waals surface area contributed by atoms with Crippen molar-refractivity contribution in [1.82, 2.24) is 19.9 Å². The smallest absolute Gasteiger partial charge is 0.230 e. The van der Waals surface area contributed by atoms with E-state index >= 15 is 0 Å². The van der Waals surface area contributed by atoms with Gasteiger partial charge in [0.05, 0.1) is 11.8 Å². The van der Waals surface area contributed by atoms with Crippen LogP contribution in [0.5, 0.6) is 0 Å². The second kappa shape index (κ2) is 6.65. The van der Waals surface area contributed by atoms with Gasteiger partial charge in [-0.25, -0.2) is 0 Å². The fourth-order valence-corrected chi connectivity index (χ4v) is 3.92. The summed E-state index contributed by atoms with van der Waals surface area (Å²) >= 11 is 1.41. The minimum atomic E-state index is 0.0365. The Morgan fingerprint density at radius 1 is 1.21 bits per heavy atom. The third-order valence-electron chi connectivity index (χ3n) is 4.32.